The molecule has 12 heteroatoms. The lowest BCUT2D eigenvalue weighted by Crippen LogP contribution is -2.54. The first kappa shape index (κ1) is 31.4. The normalized spacial score (nSPS) is 19.5. The lowest BCUT2D eigenvalue weighted by atomic mass is 9.91. The molecular weight excluding hydrogens is 564 g/mol. The monoisotopic (exact) mass is 608 g/mol. The average molecular weight is 609 g/mol. The van der Waals surface area contributed by atoms with Crippen molar-refractivity contribution in [3.8, 4) is 5.75 Å². The van der Waals surface area contributed by atoms with Crippen molar-refractivity contribution >= 4 is 29.5 Å². The molecule has 1 saturated heterocycles. The molecule has 3 amide bonds. The van der Waals surface area contributed by atoms with Crippen LogP contribution in [0.1, 0.15) is 68.4 Å². The molecule has 1 aromatic carbocycles. The zero-order chi connectivity index (χ0) is 31.6. The van der Waals surface area contributed by atoms with E-state index in [1.54, 1.807) is 62.9 Å². The molecule has 5 rings (SSSR count). The highest BCUT2D eigenvalue weighted by molar-refractivity contribution is 5.95. The van der Waals surface area contributed by atoms with Crippen LogP contribution in [0.25, 0.3) is 0 Å². The Kier molecular flexibility index (Phi) is 9.19. The molecule has 2 fully saturated rings. The second-order valence-corrected chi connectivity index (χ2v) is 13.0. The number of fused-ring (bicyclic) bond motifs is 1. The predicted molar refractivity (Wildman–Crippen MR) is 166 cm³/mol. The van der Waals surface area contributed by atoms with Gasteiger partial charge in [0, 0.05) is 57.8 Å². The smallest absolute Gasteiger partial charge is 0.410 e. The van der Waals surface area contributed by atoms with Gasteiger partial charge >= 0.3 is 6.09 Å². The molecule has 0 unspecified atom stereocenters. The van der Waals surface area contributed by atoms with Gasteiger partial charge in [0.05, 0.1) is 12.1 Å². The average Bonchev–Trinajstić information content (AvgIpc) is 2.95. The molecule has 3 aliphatic rings. The number of benzene rings is 1. The number of nitrogens with one attached hydrogen (secondary N) is 2. The maximum atomic E-state index is 13.5. The number of phenols is 1. The topological polar surface area (TPSA) is 148 Å². The maximum Gasteiger partial charge on any atom is 0.410 e. The minimum Gasteiger partial charge on any atom is -0.508 e. The van der Waals surface area contributed by atoms with Gasteiger partial charge in [0.2, 0.25) is 5.91 Å². The van der Waals surface area contributed by atoms with Crippen molar-refractivity contribution in [3.63, 3.8) is 0 Å². The van der Waals surface area contributed by atoms with Gasteiger partial charge in [-0.25, -0.2) is 9.78 Å². The lowest BCUT2D eigenvalue weighted by Gasteiger charge is -2.40. The molecule has 1 aromatic heterocycles. The van der Waals surface area contributed by atoms with Crippen LogP contribution in [0.4, 0.5) is 16.4 Å². The molecule has 0 spiro atoms. The minimum absolute atomic E-state index is 0.0430. The van der Waals surface area contributed by atoms with E-state index in [-0.39, 0.29) is 30.7 Å². The first-order valence-corrected chi connectivity index (χ1v) is 15.4. The van der Waals surface area contributed by atoms with Crippen LogP contribution < -0.4 is 15.5 Å². The van der Waals surface area contributed by atoms with Gasteiger partial charge < -0.3 is 35.4 Å². The Labute approximate surface area is 258 Å². The van der Waals surface area contributed by atoms with E-state index in [1.165, 1.54) is 4.90 Å². The van der Waals surface area contributed by atoms with E-state index in [0.717, 1.165) is 30.4 Å². The number of hydrogen-bond donors (Lipinski definition) is 4. The molecule has 238 valence electrons. The number of aromatic nitrogens is 1. The summed E-state index contributed by atoms with van der Waals surface area (Å²) in [5, 5.41) is 27.6. The standard InChI is InChI=1S/C32H44N6O6/c1-20(39)36-10-12-37(13-11-36)29-17-22(16-28(35-29)34-24-6-5-7-24)30(42)33-18-27(41)26-15-21-8-9-25(40)14-23(21)19-38(26)31(43)44-32(2,3)4/h8-9,14,16-17,24,26-27,40-41H,5-7,10-13,15,18-19H2,1-4H3,(H,33,42)(H,34,35)/t26-,27+/m0/s1. The summed E-state index contributed by atoms with van der Waals surface area (Å²) in [5.74, 6) is 1.06. The first-order valence-electron chi connectivity index (χ1n) is 15.4. The van der Waals surface area contributed by atoms with E-state index in [1.807, 2.05) is 0 Å². The quantitative estimate of drug-likeness (QED) is 0.373. The number of pyridine rings is 1. The fourth-order valence-electron chi connectivity index (χ4n) is 5.79. The number of rotatable bonds is 7. The number of carbonyl (C=O) groups excluding carboxylic acids is 3. The third kappa shape index (κ3) is 7.53. The van der Waals surface area contributed by atoms with Crippen molar-refractivity contribution in [1.82, 2.24) is 20.1 Å². The molecule has 1 aliphatic carbocycles. The number of aliphatic hydroxyl groups is 1. The van der Waals surface area contributed by atoms with E-state index in [2.05, 4.69) is 15.5 Å². The Morgan fingerprint density at radius 1 is 1.07 bits per heavy atom. The number of amides is 3. The van der Waals surface area contributed by atoms with Crippen molar-refractivity contribution in [2.45, 2.75) is 83.7 Å². The zero-order valence-electron chi connectivity index (χ0n) is 26.0. The van der Waals surface area contributed by atoms with E-state index in [4.69, 9.17) is 9.72 Å². The van der Waals surface area contributed by atoms with Gasteiger partial charge in [-0.2, -0.15) is 0 Å². The molecule has 4 N–H and O–H groups in total. The molecule has 3 heterocycles. The van der Waals surface area contributed by atoms with E-state index < -0.39 is 23.8 Å². The van der Waals surface area contributed by atoms with E-state index >= 15 is 0 Å². The molecule has 2 atom stereocenters. The molecule has 2 aromatic rings. The summed E-state index contributed by atoms with van der Waals surface area (Å²) < 4.78 is 5.63. The maximum absolute atomic E-state index is 13.5. The molecule has 12 nitrogen and oxygen atoms in total. The van der Waals surface area contributed by atoms with Crippen molar-refractivity contribution in [2.24, 2.45) is 0 Å². The van der Waals surface area contributed by atoms with Crippen molar-refractivity contribution in [3.05, 3.63) is 47.0 Å². The number of ether oxygens (including phenoxy) is 1. The number of anilines is 2. The number of phenolic OH excluding ortho intramolecular Hbond substituents is 1. The van der Waals surface area contributed by atoms with Crippen LogP contribution in [0.3, 0.4) is 0 Å². The van der Waals surface area contributed by atoms with Crippen LogP contribution in [0.5, 0.6) is 5.75 Å². The fraction of sp³-hybridized carbons (Fsp3) is 0.562. The summed E-state index contributed by atoms with van der Waals surface area (Å²) in [6.45, 7) is 9.37. The Balaban J connectivity index is 1.31. The highest BCUT2D eigenvalue weighted by atomic mass is 16.6. The summed E-state index contributed by atoms with van der Waals surface area (Å²) in [7, 11) is 0. The largest absolute Gasteiger partial charge is 0.508 e. The highest BCUT2D eigenvalue weighted by Crippen LogP contribution is 2.30. The van der Waals surface area contributed by atoms with Crippen LogP contribution >= 0.6 is 0 Å². The van der Waals surface area contributed by atoms with E-state index in [0.29, 0.717) is 55.8 Å². The number of aliphatic hydroxyl groups excluding tert-OH is 1. The molecular formula is C32H44N6O6. The minimum atomic E-state index is -1.08. The Morgan fingerprint density at radius 3 is 2.43 bits per heavy atom. The third-order valence-corrected chi connectivity index (χ3v) is 8.48. The molecule has 2 aliphatic heterocycles. The molecule has 1 saturated carbocycles. The second-order valence-electron chi connectivity index (χ2n) is 13.0. The van der Waals surface area contributed by atoms with Crippen LogP contribution in [-0.4, -0.2) is 99.4 Å². The summed E-state index contributed by atoms with van der Waals surface area (Å²) in [6, 6.07) is 8.14. The van der Waals surface area contributed by atoms with E-state index in [9.17, 15) is 24.6 Å². The third-order valence-electron chi connectivity index (χ3n) is 8.48. The van der Waals surface area contributed by atoms with Crippen molar-refractivity contribution < 1.29 is 29.3 Å². The highest BCUT2D eigenvalue weighted by Gasteiger charge is 2.37. The van der Waals surface area contributed by atoms with Crippen molar-refractivity contribution in [1.29, 1.82) is 0 Å². The Morgan fingerprint density at radius 2 is 1.80 bits per heavy atom. The van der Waals surface area contributed by atoms with Crippen LogP contribution in [0, 0.1) is 0 Å². The number of carbonyl (C=O) groups is 3. The van der Waals surface area contributed by atoms with Gasteiger partial charge in [0.1, 0.15) is 23.0 Å². The molecule has 0 bridgehead atoms. The van der Waals surface area contributed by atoms with Crippen molar-refractivity contribution in [2.75, 3.05) is 42.9 Å². The predicted octanol–water partition coefficient (Wildman–Crippen LogP) is 2.87. The molecule has 0 radical (unpaired) electrons. The fourth-order valence-corrected chi connectivity index (χ4v) is 5.79. The summed E-state index contributed by atoms with van der Waals surface area (Å²) in [5.41, 5.74) is 1.37. The zero-order valence-corrected chi connectivity index (χ0v) is 26.0. The molecule has 44 heavy (non-hydrogen) atoms. The number of piperazine rings is 1. The van der Waals surface area contributed by atoms with Gasteiger partial charge in [0.25, 0.3) is 5.91 Å². The van der Waals surface area contributed by atoms with Gasteiger partial charge in [-0.1, -0.05) is 6.07 Å². The first-order chi connectivity index (χ1) is 20.9. The summed E-state index contributed by atoms with van der Waals surface area (Å²) in [6.07, 6.45) is 1.94. The number of aromatic hydroxyl groups is 1. The van der Waals surface area contributed by atoms with Gasteiger partial charge in [-0.15, -0.1) is 0 Å². The summed E-state index contributed by atoms with van der Waals surface area (Å²) in [4.78, 5) is 48.6. The van der Waals surface area contributed by atoms with Gasteiger partial charge in [-0.3, -0.25) is 14.5 Å². The van der Waals surface area contributed by atoms with Crippen LogP contribution in [0.2, 0.25) is 0 Å². The number of hydrogen-bond acceptors (Lipinski definition) is 9. The van der Waals surface area contributed by atoms with Gasteiger partial charge in [0.15, 0.2) is 0 Å². The summed E-state index contributed by atoms with van der Waals surface area (Å²) >= 11 is 0. The van der Waals surface area contributed by atoms with Crippen LogP contribution in [0.15, 0.2) is 30.3 Å². The number of nitrogens with zero attached hydrogens (tertiary/aromatic N) is 4. The van der Waals surface area contributed by atoms with Crippen LogP contribution in [-0.2, 0) is 22.5 Å². The SMILES string of the molecule is CC(=O)N1CCN(c2cc(C(=O)NC[C@@H](O)[C@@H]3Cc4ccc(O)cc4CN3C(=O)OC(C)(C)C)cc(NC3CCC3)n2)CC1. The lowest BCUT2D eigenvalue weighted by molar-refractivity contribution is -0.129. The Hall–Kier alpha value is -4.06. The Bertz CT molecular complexity index is 1380. The van der Waals surface area contributed by atoms with Gasteiger partial charge in [-0.05, 0) is 81.8 Å². The second kappa shape index (κ2) is 12.9.